The molecule has 1 aliphatic heterocycles. The number of carbonyl (C=O) groups excluding carboxylic acids is 1. The summed E-state index contributed by atoms with van der Waals surface area (Å²) in [7, 11) is 2.16. The van der Waals surface area contributed by atoms with Gasteiger partial charge in [-0.1, -0.05) is 25.5 Å². The Bertz CT molecular complexity index is 450. The Morgan fingerprint density at radius 3 is 2.45 bits per heavy atom. The van der Waals surface area contributed by atoms with Gasteiger partial charge in [-0.3, -0.25) is 9.69 Å². The molecule has 1 fully saturated rings. The second kappa shape index (κ2) is 8.91. The molecule has 0 unspecified atom stereocenters. The molecule has 1 N–H and O–H groups in total. The molecule has 0 radical (unpaired) electrons. The van der Waals surface area contributed by atoms with Gasteiger partial charge in [-0.15, -0.1) is 0 Å². The Morgan fingerprint density at radius 2 is 1.82 bits per heavy atom. The molecule has 0 saturated carbocycles. The Labute approximate surface area is 134 Å². The largest absolute Gasteiger partial charge is 0.351 e. The third-order valence-electron chi connectivity index (χ3n) is 4.34. The van der Waals surface area contributed by atoms with Crippen molar-refractivity contribution in [3.63, 3.8) is 0 Å². The minimum Gasteiger partial charge on any atom is -0.351 e. The third kappa shape index (κ3) is 5.43. The molecule has 4 nitrogen and oxygen atoms in total. The van der Waals surface area contributed by atoms with Crippen LogP contribution in [0.3, 0.4) is 0 Å². The van der Waals surface area contributed by atoms with Crippen molar-refractivity contribution in [1.82, 2.24) is 15.1 Å². The molecule has 0 aromatic heterocycles. The minimum atomic E-state index is 0.0381. The number of nitrogens with one attached hydrogen (secondary N) is 1. The van der Waals surface area contributed by atoms with E-state index in [2.05, 4.69) is 41.2 Å². The average molecular weight is 303 g/mol. The van der Waals surface area contributed by atoms with E-state index in [0.29, 0.717) is 0 Å². The second-order valence-corrected chi connectivity index (χ2v) is 6.20. The predicted molar refractivity (Wildman–Crippen MR) is 91.3 cm³/mol. The standard InChI is InChI=1S/C18H29N3O/c1-3-4-5-16-6-8-17(9-7-16)18(22)19-10-11-21-14-12-20(2)13-15-21/h6-9H,3-5,10-15H2,1-2H3,(H,19,22). The van der Waals surface area contributed by atoms with Crippen molar-refractivity contribution < 1.29 is 4.79 Å². The molecule has 0 aliphatic carbocycles. The lowest BCUT2D eigenvalue weighted by Crippen LogP contribution is -2.46. The van der Waals surface area contributed by atoms with Crippen LogP contribution in [0.4, 0.5) is 0 Å². The lowest BCUT2D eigenvalue weighted by molar-refractivity contribution is 0.0941. The van der Waals surface area contributed by atoms with Gasteiger partial charge in [0.05, 0.1) is 0 Å². The van der Waals surface area contributed by atoms with Crippen molar-refractivity contribution in [3.8, 4) is 0 Å². The molecule has 1 aromatic carbocycles. The zero-order chi connectivity index (χ0) is 15.8. The van der Waals surface area contributed by atoms with E-state index in [-0.39, 0.29) is 5.91 Å². The summed E-state index contributed by atoms with van der Waals surface area (Å²) >= 11 is 0. The number of amides is 1. The number of benzene rings is 1. The number of likely N-dealkylation sites (N-methyl/N-ethyl adjacent to an activating group) is 1. The molecule has 22 heavy (non-hydrogen) atoms. The normalized spacial score (nSPS) is 16.6. The number of unbranched alkanes of at least 4 members (excludes halogenated alkanes) is 1. The number of carbonyl (C=O) groups is 1. The van der Waals surface area contributed by atoms with Gasteiger partial charge in [-0.25, -0.2) is 0 Å². The number of aryl methyl sites for hydroxylation is 1. The predicted octanol–water partition coefficient (Wildman–Crippen LogP) is 2.01. The van der Waals surface area contributed by atoms with Crippen molar-refractivity contribution in [2.24, 2.45) is 0 Å². The average Bonchev–Trinajstić information content (AvgIpc) is 2.55. The highest BCUT2D eigenvalue weighted by molar-refractivity contribution is 5.94. The molecule has 1 aliphatic rings. The lowest BCUT2D eigenvalue weighted by Gasteiger charge is -2.32. The molecule has 1 aromatic rings. The van der Waals surface area contributed by atoms with Gasteiger partial charge in [0.1, 0.15) is 0 Å². The van der Waals surface area contributed by atoms with Crippen LogP contribution in [0.1, 0.15) is 35.7 Å². The fourth-order valence-electron chi connectivity index (χ4n) is 2.70. The number of piperazine rings is 1. The van der Waals surface area contributed by atoms with E-state index < -0.39 is 0 Å². The van der Waals surface area contributed by atoms with Gasteiger partial charge in [0, 0.05) is 44.8 Å². The van der Waals surface area contributed by atoms with Crippen molar-refractivity contribution in [2.75, 3.05) is 46.3 Å². The van der Waals surface area contributed by atoms with Gasteiger partial charge in [0.2, 0.25) is 0 Å². The van der Waals surface area contributed by atoms with Crippen LogP contribution in [0.2, 0.25) is 0 Å². The summed E-state index contributed by atoms with van der Waals surface area (Å²) in [4.78, 5) is 16.9. The van der Waals surface area contributed by atoms with Crippen molar-refractivity contribution in [1.29, 1.82) is 0 Å². The smallest absolute Gasteiger partial charge is 0.251 e. The van der Waals surface area contributed by atoms with Gasteiger partial charge in [0.25, 0.3) is 5.91 Å². The van der Waals surface area contributed by atoms with Gasteiger partial charge in [0.15, 0.2) is 0 Å². The molecule has 0 bridgehead atoms. The van der Waals surface area contributed by atoms with Crippen LogP contribution in [-0.4, -0.2) is 62.0 Å². The van der Waals surface area contributed by atoms with Crippen LogP contribution in [0, 0.1) is 0 Å². The minimum absolute atomic E-state index is 0.0381. The van der Waals surface area contributed by atoms with Gasteiger partial charge in [-0.2, -0.15) is 0 Å². The molecule has 0 atom stereocenters. The third-order valence-corrected chi connectivity index (χ3v) is 4.34. The molecule has 1 amide bonds. The maximum Gasteiger partial charge on any atom is 0.251 e. The first kappa shape index (κ1) is 17.0. The second-order valence-electron chi connectivity index (χ2n) is 6.20. The maximum absolute atomic E-state index is 12.1. The quantitative estimate of drug-likeness (QED) is 0.837. The highest BCUT2D eigenvalue weighted by Gasteiger charge is 2.13. The van der Waals surface area contributed by atoms with E-state index in [1.807, 2.05) is 12.1 Å². The maximum atomic E-state index is 12.1. The van der Waals surface area contributed by atoms with Crippen LogP contribution in [0.15, 0.2) is 24.3 Å². The van der Waals surface area contributed by atoms with Crippen molar-refractivity contribution in [3.05, 3.63) is 35.4 Å². The first-order valence-corrected chi connectivity index (χ1v) is 8.47. The van der Waals surface area contributed by atoms with Gasteiger partial charge < -0.3 is 10.2 Å². The van der Waals surface area contributed by atoms with Crippen LogP contribution in [0.25, 0.3) is 0 Å². The zero-order valence-electron chi connectivity index (χ0n) is 14.0. The fourth-order valence-corrected chi connectivity index (χ4v) is 2.70. The van der Waals surface area contributed by atoms with E-state index in [0.717, 1.165) is 51.3 Å². The van der Waals surface area contributed by atoms with Crippen molar-refractivity contribution in [2.45, 2.75) is 26.2 Å². The van der Waals surface area contributed by atoms with E-state index in [9.17, 15) is 4.79 Å². The van der Waals surface area contributed by atoms with Crippen LogP contribution < -0.4 is 5.32 Å². The molecule has 2 rings (SSSR count). The summed E-state index contributed by atoms with van der Waals surface area (Å²) in [6.07, 6.45) is 3.51. The number of hydrogen-bond donors (Lipinski definition) is 1. The summed E-state index contributed by atoms with van der Waals surface area (Å²) in [6, 6.07) is 8.03. The van der Waals surface area contributed by atoms with E-state index in [4.69, 9.17) is 0 Å². The summed E-state index contributed by atoms with van der Waals surface area (Å²) in [5.74, 6) is 0.0381. The van der Waals surface area contributed by atoms with Crippen molar-refractivity contribution >= 4 is 5.91 Å². The first-order chi connectivity index (χ1) is 10.7. The highest BCUT2D eigenvalue weighted by atomic mass is 16.1. The van der Waals surface area contributed by atoms with E-state index in [1.54, 1.807) is 0 Å². The molecule has 122 valence electrons. The molecule has 1 heterocycles. The Morgan fingerprint density at radius 1 is 1.14 bits per heavy atom. The summed E-state index contributed by atoms with van der Waals surface area (Å²) in [5, 5.41) is 3.03. The first-order valence-electron chi connectivity index (χ1n) is 8.47. The van der Waals surface area contributed by atoms with Gasteiger partial charge in [-0.05, 0) is 37.6 Å². The molecule has 4 heteroatoms. The molecule has 1 saturated heterocycles. The fraction of sp³-hybridized carbons (Fsp3) is 0.611. The van der Waals surface area contributed by atoms with Gasteiger partial charge >= 0.3 is 0 Å². The topological polar surface area (TPSA) is 35.6 Å². The summed E-state index contributed by atoms with van der Waals surface area (Å²) in [5.41, 5.74) is 2.08. The monoisotopic (exact) mass is 303 g/mol. The zero-order valence-corrected chi connectivity index (χ0v) is 14.0. The highest BCUT2D eigenvalue weighted by Crippen LogP contribution is 2.08. The number of rotatable bonds is 7. The number of nitrogens with zero attached hydrogens (tertiary/aromatic N) is 2. The Balaban J connectivity index is 1.70. The van der Waals surface area contributed by atoms with Crippen LogP contribution >= 0.6 is 0 Å². The molecular weight excluding hydrogens is 274 g/mol. The van der Waals surface area contributed by atoms with Crippen LogP contribution in [-0.2, 0) is 6.42 Å². The van der Waals surface area contributed by atoms with Crippen LogP contribution in [0.5, 0.6) is 0 Å². The Kier molecular flexibility index (Phi) is 6.87. The Hall–Kier alpha value is -1.39. The SMILES string of the molecule is CCCCc1ccc(C(=O)NCCN2CCN(C)CC2)cc1. The molecule has 0 spiro atoms. The molecular formula is C18H29N3O. The summed E-state index contributed by atoms with van der Waals surface area (Å²) < 4.78 is 0. The number of hydrogen-bond acceptors (Lipinski definition) is 3. The lowest BCUT2D eigenvalue weighted by atomic mass is 10.1. The summed E-state index contributed by atoms with van der Waals surface area (Å²) in [6.45, 7) is 8.29. The van der Waals surface area contributed by atoms with E-state index in [1.165, 1.54) is 18.4 Å². The van der Waals surface area contributed by atoms with E-state index >= 15 is 0 Å².